The number of hydrogen-bond donors (Lipinski definition) is 0. The molecular weight excluding hydrogens is 380 g/mol. The minimum absolute atomic E-state index is 0.0574. The molecule has 0 N–H and O–H groups in total. The first-order chi connectivity index (χ1) is 14.3. The van der Waals surface area contributed by atoms with Crippen LogP contribution in [-0.2, 0) is 0 Å². The van der Waals surface area contributed by atoms with Gasteiger partial charge in [-0.3, -0.25) is 14.5 Å². The highest BCUT2D eigenvalue weighted by Gasteiger charge is 2.44. The topological polar surface area (TPSA) is 76.6 Å². The van der Waals surface area contributed by atoms with Crippen LogP contribution in [0.5, 0.6) is 0 Å². The summed E-state index contributed by atoms with van der Waals surface area (Å²) in [5, 5.41) is 4.51. The first-order valence-corrected chi connectivity index (χ1v) is 9.76. The lowest BCUT2D eigenvalue weighted by molar-refractivity contribution is 0.0969. The van der Waals surface area contributed by atoms with E-state index in [-0.39, 0.29) is 11.2 Å². The Morgan fingerprint density at radius 2 is 1.63 bits per heavy atom. The Morgan fingerprint density at radius 1 is 0.933 bits per heavy atom. The average molecular weight is 400 g/mol. The van der Waals surface area contributed by atoms with Gasteiger partial charge < -0.3 is 8.94 Å². The smallest absolute Gasteiger partial charge is 0.296 e. The molecule has 0 aliphatic carbocycles. The van der Waals surface area contributed by atoms with Gasteiger partial charge in [0, 0.05) is 6.07 Å². The number of carbonyl (C=O) groups excluding carboxylic acids is 1. The molecular formula is C24H20N2O4. The lowest BCUT2D eigenvalue weighted by Gasteiger charge is -2.22. The number of hydrogen-bond acceptors (Lipinski definition) is 5. The third kappa shape index (κ3) is 2.60. The Balaban J connectivity index is 1.83. The van der Waals surface area contributed by atoms with E-state index < -0.39 is 11.9 Å². The molecule has 0 bridgehead atoms. The van der Waals surface area contributed by atoms with Crippen LogP contribution in [0, 0.1) is 27.7 Å². The molecule has 1 atom stereocenters. The van der Waals surface area contributed by atoms with Gasteiger partial charge in [0.2, 0.25) is 5.76 Å². The third-order valence-electron chi connectivity index (χ3n) is 5.74. The van der Waals surface area contributed by atoms with Crippen molar-refractivity contribution in [3.8, 4) is 0 Å². The monoisotopic (exact) mass is 400 g/mol. The molecule has 30 heavy (non-hydrogen) atoms. The van der Waals surface area contributed by atoms with Crippen LogP contribution in [0.25, 0.3) is 11.0 Å². The van der Waals surface area contributed by atoms with Crippen LogP contribution in [0.2, 0.25) is 0 Å². The molecule has 0 fully saturated rings. The summed E-state index contributed by atoms with van der Waals surface area (Å²) < 4.78 is 11.2. The Kier molecular flexibility index (Phi) is 3.93. The van der Waals surface area contributed by atoms with Crippen molar-refractivity contribution in [2.24, 2.45) is 0 Å². The van der Waals surface area contributed by atoms with Gasteiger partial charge in [0.05, 0.1) is 17.0 Å². The van der Waals surface area contributed by atoms with E-state index in [1.807, 2.05) is 57.2 Å². The maximum atomic E-state index is 13.6. The van der Waals surface area contributed by atoms with Crippen molar-refractivity contribution in [2.45, 2.75) is 33.7 Å². The van der Waals surface area contributed by atoms with Gasteiger partial charge in [-0.1, -0.05) is 35.0 Å². The minimum Gasteiger partial charge on any atom is -0.450 e. The molecule has 3 heterocycles. The summed E-state index contributed by atoms with van der Waals surface area (Å²) in [6.45, 7) is 7.65. The van der Waals surface area contributed by atoms with Gasteiger partial charge in [-0.2, -0.15) is 0 Å². The Bertz CT molecular complexity index is 1380. The third-order valence-corrected chi connectivity index (χ3v) is 5.74. The molecule has 150 valence electrons. The van der Waals surface area contributed by atoms with Crippen molar-refractivity contribution in [2.75, 3.05) is 4.90 Å². The SMILES string of the molecule is Cc1ccc([C@H]2c3c(oc4cc(C)c(C)cc4c3=O)C(=O)N2c2cc(C)on2)cc1. The summed E-state index contributed by atoms with van der Waals surface area (Å²) in [5.74, 6) is 0.584. The summed E-state index contributed by atoms with van der Waals surface area (Å²) in [6, 6.07) is 12.4. The molecule has 2 aromatic carbocycles. The van der Waals surface area contributed by atoms with Gasteiger partial charge in [0.15, 0.2) is 11.2 Å². The van der Waals surface area contributed by atoms with Crippen LogP contribution >= 0.6 is 0 Å². The van der Waals surface area contributed by atoms with Gasteiger partial charge in [-0.05, 0) is 56.5 Å². The summed E-state index contributed by atoms with van der Waals surface area (Å²) >= 11 is 0. The van der Waals surface area contributed by atoms with E-state index in [4.69, 9.17) is 8.94 Å². The number of carbonyl (C=O) groups is 1. The first kappa shape index (κ1) is 18.4. The molecule has 0 spiro atoms. The second-order valence-electron chi connectivity index (χ2n) is 7.89. The van der Waals surface area contributed by atoms with Crippen LogP contribution in [0.1, 0.15) is 50.2 Å². The van der Waals surface area contributed by atoms with Crippen LogP contribution in [0.3, 0.4) is 0 Å². The summed E-state index contributed by atoms with van der Waals surface area (Å²) in [5.41, 5.74) is 4.44. The molecule has 0 saturated carbocycles. The normalized spacial score (nSPS) is 15.8. The number of anilines is 1. The molecule has 0 unspecified atom stereocenters. The fraction of sp³-hybridized carbons (Fsp3) is 0.208. The highest BCUT2D eigenvalue weighted by Crippen LogP contribution is 2.41. The maximum absolute atomic E-state index is 13.6. The number of rotatable bonds is 2. The Labute approximate surface area is 172 Å². The Hall–Kier alpha value is -3.67. The predicted molar refractivity (Wildman–Crippen MR) is 113 cm³/mol. The lowest BCUT2D eigenvalue weighted by Crippen LogP contribution is -2.29. The van der Waals surface area contributed by atoms with E-state index in [0.29, 0.717) is 28.1 Å². The molecule has 2 aromatic heterocycles. The van der Waals surface area contributed by atoms with E-state index in [0.717, 1.165) is 22.3 Å². The molecule has 0 saturated heterocycles. The molecule has 6 nitrogen and oxygen atoms in total. The van der Waals surface area contributed by atoms with Crippen molar-refractivity contribution in [1.29, 1.82) is 0 Å². The molecule has 1 aliphatic heterocycles. The van der Waals surface area contributed by atoms with Crippen LogP contribution in [-0.4, -0.2) is 11.1 Å². The highest BCUT2D eigenvalue weighted by molar-refractivity contribution is 6.10. The summed E-state index contributed by atoms with van der Waals surface area (Å²) in [7, 11) is 0. The second kappa shape index (κ2) is 6.42. The Morgan fingerprint density at radius 3 is 2.30 bits per heavy atom. The van der Waals surface area contributed by atoms with Crippen molar-refractivity contribution >= 4 is 22.7 Å². The first-order valence-electron chi connectivity index (χ1n) is 9.76. The summed E-state index contributed by atoms with van der Waals surface area (Å²) in [6.07, 6.45) is 0. The summed E-state index contributed by atoms with van der Waals surface area (Å²) in [4.78, 5) is 28.5. The quantitative estimate of drug-likeness (QED) is 0.485. The molecule has 4 aromatic rings. The predicted octanol–water partition coefficient (Wildman–Crippen LogP) is 4.76. The van der Waals surface area contributed by atoms with Gasteiger partial charge >= 0.3 is 0 Å². The average Bonchev–Trinajstić information content (AvgIpc) is 3.26. The molecule has 1 aliphatic rings. The van der Waals surface area contributed by atoms with E-state index >= 15 is 0 Å². The second-order valence-corrected chi connectivity index (χ2v) is 7.89. The van der Waals surface area contributed by atoms with Gasteiger partial charge in [-0.25, -0.2) is 0 Å². The maximum Gasteiger partial charge on any atom is 0.296 e. The van der Waals surface area contributed by atoms with E-state index in [1.54, 1.807) is 13.0 Å². The van der Waals surface area contributed by atoms with Crippen molar-refractivity contribution in [3.63, 3.8) is 0 Å². The van der Waals surface area contributed by atoms with Gasteiger partial charge in [0.1, 0.15) is 11.3 Å². The standard InChI is InChI=1S/C24H20N2O4/c1-12-5-7-16(8-6-12)21-20-22(27)17-9-13(2)14(3)10-18(17)29-23(20)24(28)26(21)19-11-15(4)30-25-19/h5-11,21H,1-4H3/t21-/m0/s1. The zero-order valence-corrected chi connectivity index (χ0v) is 17.1. The van der Waals surface area contributed by atoms with Crippen molar-refractivity contribution < 1.29 is 13.7 Å². The van der Waals surface area contributed by atoms with E-state index in [1.165, 1.54) is 4.90 Å². The number of aryl methyl sites for hydroxylation is 4. The molecule has 1 amide bonds. The lowest BCUT2D eigenvalue weighted by atomic mass is 9.97. The van der Waals surface area contributed by atoms with Gasteiger partial charge in [0.25, 0.3) is 5.91 Å². The van der Waals surface area contributed by atoms with Crippen molar-refractivity contribution in [1.82, 2.24) is 5.16 Å². The molecule has 5 rings (SSSR count). The number of benzene rings is 2. The van der Waals surface area contributed by atoms with Crippen LogP contribution in [0.4, 0.5) is 5.82 Å². The van der Waals surface area contributed by atoms with Crippen molar-refractivity contribution in [3.05, 3.63) is 92.0 Å². The van der Waals surface area contributed by atoms with Gasteiger partial charge in [-0.15, -0.1) is 0 Å². The van der Waals surface area contributed by atoms with E-state index in [2.05, 4.69) is 5.16 Å². The number of fused-ring (bicyclic) bond motifs is 2. The van der Waals surface area contributed by atoms with Crippen LogP contribution < -0.4 is 10.3 Å². The van der Waals surface area contributed by atoms with Crippen LogP contribution in [0.15, 0.2) is 56.2 Å². The van der Waals surface area contributed by atoms with E-state index in [9.17, 15) is 9.59 Å². The molecule has 0 radical (unpaired) electrons. The zero-order valence-electron chi connectivity index (χ0n) is 17.1. The largest absolute Gasteiger partial charge is 0.450 e. The zero-order chi connectivity index (χ0) is 21.2. The number of nitrogens with zero attached hydrogens (tertiary/aromatic N) is 2. The fourth-order valence-corrected chi connectivity index (χ4v) is 4.00. The number of amides is 1. The highest BCUT2D eigenvalue weighted by atomic mass is 16.5. The number of aromatic nitrogens is 1. The fourth-order valence-electron chi connectivity index (χ4n) is 4.00. The molecule has 6 heteroatoms. The minimum atomic E-state index is -0.639.